The van der Waals surface area contributed by atoms with E-state index >= 15 is 0 Å². The van der Waals surface area contributed by atoms with E-state index in [0.717, 1.165) is 24.7 Å². The van der Waals surface area contributed by atoms with Gasteiger partial charge in [0.05, 0.1) is 12.2 Å². The summed E-state index contributed by atoms with van der Waals surface area (Å²) in [6, 6.07) is 0.415. The van der Waals surface area contributed by atoms with Crippen LogP contribution in [0.2, 0.25) is 0 Å². The van der Waals surface area contributed by atoms with Crippen LogP contribution in [0.5, 0.6) is 0 Å². The molecule has 0 saturated heterocycles. The second kappa shape index (κ2) is 4.19. The van der Waals surface area contributed by atoms with Crippen LogP contribution in [0.4, 0.5) is 0 Å². The fraction of sp³-hybridized carbons (Fsp3) is 1.00. The van der Waals surface area contributed by atoms with Gasteiger partial charge in [-0.05, 0) is 43.9 Å². The van der Waals surface area contributed by atoms with E-state index in [4.69, 9.17) is 10.5 Å². The van der Waals surface area contributed by atoms with Crippen molar-refractivity contribution >= 4 is 0 Å². The van der Waals surface area contributed by atoms with E-state index in [1.165, 1.54) is 19.3 Å². The first kappa shape index (κ1) is 10.4. The number of nitrogens with two attached hydrogens (primary N) is 1. The SMILES string of the molecule is CC1CC(C)CC(OC2CC(N)C2)C1. The molecule has 2 unspecified atom stereocenters. The van der Waals surface area contributed by atoms with Crippen LogP contribution in [-0.4, -0.2) is 18.2 Å². The molecule has 0 spiro atoms. The smallest absolute Gasteiger partial charge is 0.0608 e. The number of hydrogen-bond donors (Lipinski definition) is 1. The van der Waals surface area contributed by atoms with E-state index in [1.54, 1.807) is 0 Å². The predicted molar refractivity (Wildman–Crippen MR) is 58.0 cm³/mol. The van der Waals surface area contributed by atoms with Gasteiger partial charge in [-0.2, -0.15) is 0 Å². The molecule has 0 radical (unpaired) electrons. The lowest BCUT2D eigenvalue weighted by Gasteiger charge is -2.39. The Labute approximate surface area is 87.2 Å². The quantitative estimate of drug-likeness (QED) is 0.737. The summed E-state index contributed by atoms with van der Waals surface area (Å²) in [6.07, 6.45) is 7.06. The highest BCUT2D eigenvalue weighted by molar-refractivity contribution is 4.85. The summed E-state index contributed by atoms with van der Waals surface area (Å²) in [4.78, 5) is 0. The van der Waals surface area contributed by atoms with Gasteiger partial charge in [0.25, 0.3) is 0 Å². The third-order valence-corrected chi connectivity index (χ3v) is 3.65. The van der Waals surface area contributed by atoms with E-state index in [-0.39, 0.29) is 0 Å². The molecule has 2 atom stereocenters. The summed E-state index contributed by atoms with van der Waals surface area (Å²) in [5, 5.41) is 0. The van der Waals surface area contributed by atoms with Crippen molar-refractivity contribution in [3.05, 3.63) is 0 Å². The molecule has 0 aromatic rings. The lowest BCUT2D eigenvalue weighted by atomic mass is 9.81. The third kappa shape index (κ3) is 2.48. The van der Waals surface area contributed by atoms with Gasteiger partial charge in [-0.15, -0.1) is 0 Å². The van der Waals surface area contributed by atoms with Crippen LogP contribution >= 0.6 is 0 Å². The van der Waals surface area contributed by atoms with Crippen LogP contribution < -0.4 is 5.73 Å². The van der Waals surface area contributed by atoms with E-state index < -0.39 is 0 Å². The standard InChI is InChI=1S/C12H23NO/c1-8-3-9(2)5-11(4-8)14-12-6-10(13)7-12/h8-12H,3-7,13H2,1-2H3. The lowest BCUT2D eigenvalue weighted by molar-refractivity contribution is -0.0851. The van der Waals surface area contributed by atoms with Gasteiger partial charge in [-0.1, -0.05) is 13.8 Å². The van der Waals surface area contributed by atoms with Crippen LogP contribution in [0.25, 0.3) is 0 Å². The zero-order chi connectivity index (χ0) is 10.1. The van der Waals surface area contributed by atoms with Crippen molar-refractivity contribution in [1.29, 1.82) is 0 Å². The lowest BCUT2D eigenvalue weighted by Crippen LogP contribution is -2.44. The van der Waals surface area contributed by atoms with Crippen LogP contribution in [0.3, 0.4) is 0 Å². The fourth-order valence-corrected chi connectivity index (χ4v) is 2.97. The molecule has 0 heterocycles. The first-order chi connectivity index (χ1) is 6.63. The third-order valence-electron chi connectivity index (χ3n) is 3.65. The van der Waals surface area contributed by atoms with E-state index in [2.05, 4.69) is 13.8 Å². The maximum absolute atomic E-state index is 6.06. The molecule has 0 aromatic carbocycles. The molecular formula is C12H23NO. The Morgan fingerprint density at radius 2 is 1.36 bits per heavy atom. The monoisotopic (exact) mass is 197 g/mol. The van der Waals surface area contributed by atoms with Crippen molar-refractivity contribution in [2.24, 2.45) is 17.6 Å². The second-order valence-electron chi connectivity index (χ2n) is 5.53. The van der Waals surface area contributed by atoms with Gasteiger partial charge in [0.15, 0.2) is 0 Å². The van der Waals surface area contributed by atoms with Crippen molar-refractivity contribution in [3.63, 3.8) is 0 Å². The Balaban J connectivity index is 1.74. The first-order valence-corrected chi connectivity index (χ1v) is 6.04. The summed E-state index contributed by atoms with van der Waals surface area (Å²) in [5.41, 5.74) is 5.75. The molecule has 14 heavy (non-hydrogen) atoms. The molecule has 0 aromatic heterocycles. The fourth-order valence-electron chi connectivity index (χ4n) is 2.97. The highest BCUT2D eigenvalue weighted by Crippen LogP contribution is 2.33. The van der Waals surface area contributed by atoms with Crippen molar-refractivity contribution in [2.75, 3.05) is 0 Å². The van der Waals surface area contributed by atoms with Crippen LogP contribution in [0.1, 0.15) is 46.0 Å². The van der Waals surface area contributed by atoms with Gasteiger partial charge in [0, 0.05) is 6.04 Å². The van der Waals surface area contributed by atoms with Crippen molar-refractivity contribution in [1.82, 2.24) is 0 Å². The summed E-state index contributed by atoms with van der Waals surface area (Å²) in [6.45, 7) is 4.69. The Kier molecular flexibility index (Phi) is 3.13. The summed E-state index contributed by atoms with van der Waals surface area (Å²) in [5.74, 6) is 1.69. The Morgan fingerprint density at radius 1 is 0.857 bits per heavy atom. The topological polar surface area (TPSA) is 35.2 Å². The number of ether oxygens (including phenoxy) is 1. The molecule has 2 heteroatoms. The average molecular weight is 197 g/mol. The van der Waals surface area contributed by atoms with Crippen LogP contribution in [0, 0.1) is 11.8 Å². The van der Waals surface area contributed by atoms with Gasteiger partial charge in [-0.25, -0.2) is 0 Å². The van der Waals surface area contributed by atoms with Gasteiger partial charge < -0.3 is 10.5 Å². The molecule has 2 aliphatic rings. The minimum atomic E-state index is 0.415. The van der Waals surface area contributed by atoms with Crippen LogP contribution in [0.15, 0.2) is 0 Å². The van der Waals surface area contributed by atoms with E-state index in [1.807, 2.05) is 0 Å². The van der Waals surface area contributed by atoms with Gasteiger partial charge in [0.2, 0.25) is 0 Å². The minimum absolute atomic E-state index is 0.415. The zero-order valence-electron chi connectivity index (χ0n) is 9.41. The normalized spacial score (nSPS) is 48.6. The molecule has 0 bridgehead atoms. The zero-order valence-corrected chi connectivity index (χ0v) is 9.41. The second-order valence-corrected chi connectivity index (χ2v) is 5.53. The van der Waals surface area contributed by atoms with Crippen molar-refractivity contribution in [2.45, 2.75) is 64.2 Å². The molecule has 2 rings (SSSR count). The molecule has 2 fully saturated rings. The number of rotatable bonds is 2. The maximum Gasteiger partial charge on any atom is 0.0608 e. The molecule has 2 aliphatic carbocycles. The van der Waals surface area contributed by atoms with E-state index in [9.17, 15) is 0 Å². The highest BCUT2D eigenvalue weighted by Gasteiger charge is 2.32. The molecule has 2 nitrogen and oxygen atoms in total. The first-order valence-electron chi connectivity index (χ1n) is 6.04. The van der Waals surface area contributed by atoms with Gasteiger partial charge >= 0.3 is 0 Å². The van der Waals surface area contributed by atoms with Crippen molar-refractivity contribution in [3.8, 4) is 0 Å². The molecule has 0 amide bonds. The maximum atomic E-state index is 6.06. The van der Waals surface area contributed by atoms with E-state index in [0.29, 0.717) is 18.2 Å². The molecule has 0 aliphatic heterocycles. The predicted octanol–water partition coefficient (Wildman–Crippen LogP) is 2.32. The summed E-state index contributed by atoms with van der Waals surface area (Å²) >= 11 is 0. The van der Waals surface area contributed by atoms with Gasteiger partial charge in [-0.3, -0.25) is 0 Å². The summed E-state index contributed by atoms with van der Waals surface area (Å²) in [7, 11) is 0. The summed E-state index contributed by atoms with van der Waals surface area (Å²) < 4.78 is 6.06. The Morgan fingerprint density at radius 3 is 1.86 bits per heavy atom. The Hall–Kier alpha value is -0.0800. The molecular weight excluding hydrogens is 174 g/mol. The average Bonchev–Trinajstić information content (AvgIpc) is 1.99. The minimum Gasteiger partial charge on any atom is -0.375 e. The van der Waals surface area contributed by atoms with Gasteiger partial charge in [0.1, 0.15) is 0 Å². The molecule has 82 valence electrons. The van der Waals surface area contributed by atoms with Crippen molar-refractivity contribution < 1.29 is 4.74 Å². The Bertz CT molecular complexity index is 179. The van der Waals surface area contributed by atoms with Crippen LogP contribution in [-0.2, 0) is 4.74 Å². The molecule has 2 saturated carbocycles. The highest BCUT2D eigenvalue weighted by atomic mass is 16.5. The number of hydrogen-bond acceptors (Lipinski definition) is 2. The molecule has 2 N–H and O–H groups in total. The largest absolute Gasteiger partial charge is 0.375 e.